The molecule has 0 bridgehead atoms. The maximum absolute atomic E-state index is 12.2. The molecule has 136 valence electrons. The van der Waals surface area contributed by atoms with Crippen LogP contribution in [0.25, 0.3) is 11.3 Å². The molecule has 0 atom stereocenters. The van der Waals surface area contributed by atoms with Crippen LogP contribution < -0.4 is 11.0 Å². The van der Waals surface area contributed by atoms with E-state index in [0.717, 1.165) is 4.68 Å². The first-order valence-electron chi connectivity index (χ1n) is 8.03. The summed E-state index contributed by atoms with van der Waals surface area (Å²) in [6, 6.07) is 13.4. The van der Waals surface area contributed by atoms with Gasteiger partial charge in [0.1, 0.15) is 6.54 Å². The van der Waals surface area contributed by atoms with Crippen molar-refractivity contribution < 1.29 is 9.59 Å². The van der Waals surface area contributed by atoms with Crippen LogP contribution in [0.2, 0.25) is 5.02 Å². The minimum atomic E-state index is -0.643. The molecule has 0 fully saturated rings. The summed E-state index contributed by atoms with van der Waals surface area (Å²) in [5, 5.41) is 7.20. The van der Waals surface area contributed by atoms with Gasteiger partial charge in [0.25, 0.3) is 0 Å². The Morgan fingerprint density at radius 3 is 2.56 bits per heavy atom. The van der Waals surface area contributed by atoms with E-state index in [0.29, 0.717) is 27.5 Å². The normalized spacial score (nSPS) is 10.4. The molecule has 1 aromatic heterocycles. The van der Waals surface area contributed by atoms with Gasteiger partial charge in [-0.25, -0.2) is 9.48 Å². The zero-order valence-corrected chi connectivity index (χ0v) is 15.1. The number of benzene rings is 2. The fourth-order valence-electron chi connectivity index (χ4n) is 2.38. The van der Waals surface area contributed by atoms with Gasteiger partial charge in [-0.15, -0.1) is 0 Å². The number of amides is 1. The number of anilines is 1. The van der Waals surface area contributed by atoms with Gasteiger partial charge < -0.3 is 5.32 Å². The van der Waals surface area contributed by atoms with Gasteiger partial charge in [-0.2, -0.15) is 10.1 Å². The molecule has 1 amide bonds. The average Bonchev–Trinajstić information content (AvgIpc) is 2.64. The maximum atomic E-state index is 12.2. The van der Waals surface area contributed by atoms with Crippen LogP contribution in [0.3, 0.4) is 0 Å². The number of halogens is 1. The van der Waals surface area contributed by atoms with Crippen LogP contribution in [0, 0.1) is 0 Å². The van der Waals surface area contributed by atoms with Gasteiger partial charge in [0.15, 0.2) is 5.78 Å². The minimum absolute atomic E-state index is 0.106. The van der Waals surface area contributed by atoms with Crippen LogP contribution in [-0.2, 0) is 11.3 Å². The summed E-state index contributed by atoms with van der Waals surface area (Å²) in [5.41, 5.74) is 1.39. The van der Waals surface area contributed by atoms with E-state index in [1.54, 1.807) is 48.5 Å². The van der Waals surface area contributed by atoms with E-state index in [1.807, 2.05) is 0 Å². The number of Topliss-reactive ketones (excluding diaryl/α,β-unsaturated/α-hetero) is 1. The van der Waals surface area contributed by atoms with Gasteiger partial charge >= 0.3 is 5.69 Å². The van der Waals surface area contributed by atoms with Crippen molar-refractivity contribution in [1.82, 2.24) is 14.8 Å². The van der Waals surface area contributed by atoms with E-state index in [4.69, 9.17) is 11.6 Å². The van der Waals surface area contributed by atoms with Crippen LogP contribution in [0.4, 0.5) is 5.69 Å². The predicted molar refractivity (Wildman–Crippen MR) is 102 cm³/mol. The minimum Gasteiger partial charge on any atom is -0.324 e. The molecule has 3 aromatic rings. The number of hydrogen-bond donors (Lipinski definition) is 1. The van der Waals surface area contributed by atoms with Crippen molar-refractivity contribution in [3.05, 3.63) is 75.8 Å². The topological polar surface area (TPSA) is 93.9 Å². The summed E-state index contributed by atoms with van der Waals surface area (Å²) in [5.74, 6) is -0.558. The molecule has 8 heteroatoms. The van der Waals surface area contributed by atoms with Crippen molar-refractivity contribution in [3.8, 4) is 11.3 Å². The highest BCUT2D eigenvalue weighted by atomic mass is 35.5. The van der Waals surface area contributed by atoms with E-state index in [2.05, 4.69) is 15.4 Å². The quantitative estimate of drug-likeness (QED) is 0.685. The van der Waals surface area contributed by atoms with Crippen LogP contribution >= 0.6 is 11.6 Å². The monoisotopic (exact) mass is 382 g/mol. The second-order valence-corrected chi connectivity index (χ2v) is 6.21. The molecule has 3 rings (SSSR count). The van der Waals surface area contributed by atoms with Gasteiger partial charge in [0.2, 0.25) is 5.91 Å². The number of nitrogens with zero attached hydrogens (tertiary/aromatic N) is 3. The Kier molecular flexibility index (Phi) is 5.42. The van der Waals surface area contributed by atoms with Crippen LogP contribution in [-0.4, -0.2) is 26.5 Å². The van der Waals surface area contributed by atoms with Crippen molar-refractivity contribution in [2.75, 3.05) is 5.32 Å². The number of aromatic nitrogens is 3. The molecular formula is C19H15ClN4O3. The Hall–Kier alpha value is -3.32. The van der Waals surface area contributed by atoms with Gasteiger partial charge in [-0.1, -0.05) is 35.9 Å². The SMILES string of the molecule is CC(=O)c1cccc(NC(=O)Cn2ncc(-c3ccc(Cl)cc3)nc2=O)c1. The number of carbonyl (C=O) groups excluding carboxylic acids is 2. The Morgan fingerprint density at radius 1 is 1.15 bits per heavy atom. The zero-order valence-electron chi connectivity index (χ0n) is 14.3. The second kappa shape index (κ2) is 7.92. The van der Waals surface area contributed by atoms with Crippen molar-refractivity contribution in [1.29, 1.82) is 0 Å². The highest BCUT2D eigenvalue weighted by Gasteiger charge is 2.10. The smallest absolute Gasteiger partial charge is 0.324 e. The molecule has 0 saturated carbocycles. The molecule has 0 spiro atoms. The van der Waals surface area contributed by atoms with Crippen molar-refractivity contribution in [2.24, 2.45) is 0 Å². The second-order valence-electron chi connectivity index (χ2n) is 5.77. The standard InChI is InChI=1S/C19H15ClN4O3/c1-12(25)14-3-2-4-16(9-14)22-18(26)11-24-19(27)23-17(10-21-24)13-5-7-15(20)8-6-13/h2-10H,11H2,1H3,(H,22,26). The highest BCUT2D eigenvalue weighted by molar-refractivity contribution is 6.30. The molecule has 27 heavy (non-hydrogen) atoms. The van der Waals surface area contributed by atoms with E-state index < -0.39 is 11.6 Å². The summed E-state index contributed by atoms with van der Waals surface area (Å²) < 4.78 is 0.962. The number of rotatable bonds is 5. The van der Waals surface area contributed by atoms with E-state index in [9.17, 15) is 14.4 Å². The third-order valence-electron chi connectivity index (χ3n) is 3.74. The van der Waals surface area contributed by atoms with E-state index in [1.165, 1.54) is 13.1 Å². The van der Waals surface area contributed by atoms with Gasteiger partial charge in [-0.05, 0) is 31.2 Å². The number of ketones is 1. The first kappa shape index (κ1) is 18.5. The summed E-state index contributed by atoms with van der Waals surface area (Å²) in [7, 11) is 0. The fourth-order valence-corrected chi connectivity index (χ4v) is 2.51. The molecule has 2 aromatic carbocycles. The molecule has 0 radical (unpaired) electrons. The predicted octanol–water partition coefficient (Wildman–Crippen LogP) is 2.80. The van der Waals surface area contributed by atoms with Crippen LogP contribution in [0.15, 0.2) is 59.5 Å². The van der Waals surface area contributed by atoms with E-state index in [-0.39, 0.29) is 12.3 Å². The van der Waals surface area contributed by atoms with Crippen LogP contribution in [0.1, 0.15) is 17.3 Å². The average molecular weight is 383 g/mol. The Balaban J connectivity index is 1.73. The van der Waals surface area contributed by atoms with Gasteiger partial charge in [0.05, 0.1) is 11.9 Å². The van der Waals surface area contributed by atoms with E-state index >= 15 is 0 Å². The van der Waals surface area contributed by atoms with Gasteiger partial charge in [-0.3, -0.25) is 9.59 Å². The number of hydrogen-bond acceptors (Lipinski definition) is 5. The maximum Gasteiger partial charge on any atom is 0.365 e. The lowest BCUT2D eigenvalue weighted by atomic mass is 10.1. The first-order chi connectivity index (χ1) is 12.9. The first-order valence-corrected chi connectivity index (χ1v) is 8.41. The Morgan fingerprint density at radius 2 is 1.89 bits per heavy atom. The lowest BCUT2D eigenvalue weighted by Crippen LogP contribution is -2.31. The molecule has 1 N–H and O–H groups in total. The lowest BCUT2D eigenvalue weighted by Gasteiger charge is -2.08. The van der Waals surface area contributed by atoms with Crippen LogP contribution in [0.5, 0.6) is 0 Å². The third kappa shape index (κ3) is 4.65. The zero-order chi connectivity index (χ0) is 19.4. The molecule has 7 nitrogen and oxygen atoms in total. The van der Waals surface area contributed by atoms with Crippen molar-refractivity contribution in [2.45, 2.75) is 13.5 Å². The van der Waals surface area contributed by atoms with Gasteiger partial charge in [0, 0.05) is 21.8 Å². The summed E-state index contributed by atoms with van der Waals surface area (Å²) in [4.78, 5) is 39.7. The molecule has 0 saturated heterocycles. The molecule has 0 aliphatic heterocycles. The Labute approximate surface area is 159 Å². The van der Waals surface area contributed by atoms with Crippen molar-refractivity contribution >= 4 is 29.0 Å². The van der Waals surface area contributed by atoms with Crippen molar-refractivity contribution in [3.63, 3.8) is 0 Å². The fraction of sp³-hybridized carbons (Fsp3) is 0.105. The third-order valence-corrected chi connectivity index (χ3v) is 3.99. The largest absolute Gasteiger partial charge is 0.365 e. The molecule has 0 aliphatic rings. The molecule has 0 unspecified atom stereocenters. The Bertz CT molecular complexity index is 1060. The molecule has 0 aliphatic carbocycles. The highest BCUT2D eigenvalue weighted by Crippen LogP contribution is 2.17. The number of nitrogens with one attached hydrogen (secondary N) is 1. The number of carbonyl (C=O) groups is 2. The lowest BCUT2D eigenvalue weighted by molar-refractivity contribution is -0.117. The molecular weight excluding hydrogens is 368 g/mol. The summed E-state index contributed by atoms with van der Waals surface area (Å²) >= 11 is 5.84. The molecule has 1 heterocycles. The summed E-state index contributed by atoms with van der Waals surface area (Å²) in [6.07, 6.45) is 1.41. The summed E-state index contributed by atoms with van der Waals surface area (Å²) in [6.45, 7) is 1.15.